The fraction of sp³-hybridized carbons (Fsp3) is 0.353. The summed E-state index contributed by atoms with van der Waals surface area (Å²) in [7, 11) is 0. The number of nitrogens with zero attached hydrogens (tertiary/aromatic N) is 2. The molecule has 0 aliphatic carbocycles. The number of anilines is 2. The Morgan fingerprint density at radius 1 is 1.46 bits per heavy atom. The number of hydrogen-bond donors (Lipinski definition) is 2. The molecule has 24 heavy (non-hydrogen) atoms. The molecule has 0 spiro atoms. The average Bonchev–Trinajstić information content (AvgIpc) is 2.95. The van der Waals surface area contributed by atoms with Gasteiger partial charge in [0.2, 0.25) is 5.91 Å². The molecule has 1 aliphatic heterocycles. The second kappa shape index (κ2) is 7.11. The van der Waals surface area contributed by atoms with Crippen LogP contribution in [0.4, 0.5) is 10.8 Å². The highest BCUT2D eigenvalue weighted by atomic mass is 32.1. The quantitative estimate of drug-likeness (QED) is 0.855. The summed E-state index contributed by atoms with van der Waals surface area (Å²) in [4.78, 5) is 31.1. The molecule has 1 aromatic carbocycles. The second-order valence-corrected chi connectivity index (χ2v) is 6.85. The molecule has 1 saturated heterocycles. The number of aromatic nitrogens is 1. The van der Waals surface area contributed by atoms with E-state index in [-0.39, 0.29) is 11.8 Å². The maximum absolute atomic E-state index is 12.1. The molecule has 1 unspecified atom stereocenters. The van der Waals surface area contributed by atoms with E-state index in [0.29, 0.717) is 24.8 Å². The van der Waals surface area contributed by atoms with Crippen molar-refractivity contribution in [3.8, 4) is 0 Å². The summed E-state index contributed by atoms with van der Waals surface area (Å²) in [5.41, 5.74) is 2.84. The fourth-order valence-corrected chi connectivity index (χ4v) is 3.72. The number of hydrogen-bond acceptors (Lipinski definition) is 4. The van der Waals surface area contributed by atoms with E-state index in [0.717, 1.165) is 23.5 Å². The Balaban J connectivity index is 1.79. The van der Waals surface area contributed by atoms with Crippen LogP contribution in [0.1, 0.15) is 18.2 Å². The Morgan fingerprint density at radius 3 is 3.00 bits per heavy atom. The van der Waals surface area contributed by atoms with Crippen LogP contribution in [-0.2, 0) is 16.1 Å². The highest BCUT2D eigenvalue weighted by Gasteiger charge is 2.23. The first-order valence-corrected chi connectivity index (χ1v) is 8.83. The van der Waals surface area contributed by atoms with Gasteiger partial charge in [0, 0.05) is 12.3 Å². The number of quaternary nitrogens is 1. The van der Waals surface area contributed by atoms with Gasteiger partial charge in [-0.05, 0) is 24.6 Å². The normalized spacial score (nSPS) is 17.4. The van der Waals surface area contributed by atoms with E-state index in [4.69, 9.17) is 0 Å². The molecule has 7 heteroatoms. The monoisotopic (exact) mass is 345 g/mol. The minimum atomic E-state index is -0.0637. The van der Waals surface area contributed by atoms with Crippen LogP contribution in [0, 0.1) is 6.92 Å². The zero-order chi connectivity index (χ0) is 17.1. The fourth-order valence-electron chi connectivity index (χ4n) is 2.84. The van der Waals surface area contributed by atoms with Crippen molar-refractivity contribution in [3.05, 3.63) is 40.9 Å². The minimum absolute atomic E-state index is 0.0637. The Kier molecular flexibility index (Phi) is 4.92. The molecule has 126 valence electrons. The van der Waals surface area contributed by atoms with E-state index in [1.54, 1.807) is 11.8 Å². The summed E-state index contributed by atoms with van der Waals surface area (Å²) in [6.45, 7) is 6.31. The van der Waals surface area contributed by atoms with Crippen LogP contribution in [0.15, 0.2) is 29.6 Å². The molecule has 2 aromatic rings. The molecule has 6 nitrogen and oxygen atoms in total. The van der Waals surface area contributed by atoms with Crippen LogP contribution < -0.4 is 15.1 Å². The summed E-state index contributed by atoms with van der Waals surface area (Å²) in [5.74, 6) is 0.0167. The Hall–Kier alpha value is -2.25. The van der Waals surface area contributed by atoms with Crippen molar-refractivity contribution < 1.29 is 14.5 Å². The maximum atomic E-state index is 12.1. The molecule has 0 saturated carbocycles. The highest BCUT2D eigenvalue weighted by molar-refractivity contribution is 7.14. The molecule has 0 bridgehead atoms. The first kappa shape index (κ1) is 16.6. The zero-order valence-electron chi connectivity index (χ0n) is 13.8. The van der Waals surface area contributed by atoms with Gasteiger partial charge in [-0.25, -0.2) is 4.98 Å². The molecule has 2 amide bonds. The number of aryl methyl sites for hydroxylation is 1. The first-order valence-electron chi connectivity index (χ1n) is 7.95. The van der Waals surface area contributed by atoms with Crippen molar-refractivity contribution in [1.29, 1.82) is 0 Å². The predicted molar refractivity (Wildman–Crippen MR) is 93.5 cm³/mol. The number of piperazine rings is 1. The second-order valence-electron chi connectivity index (χ2n) is 6.02. The molecule has 0 radical (unpaired) electrons. The van der Waals surface area contributed by atoms with Gasteiger partial charge in [-0.2, -0.15) is 0 Å². The summed E-state index contributed by atoms with van der Waals surface area (Å²) < 4.78 is 0. The molecule has 3 rings (SSSR count). The topological polar surface area (TPSA) is 66.7 Å². The Morgan fingerprint density at radius 2 is 2.29 bits per heavy atom. The van der Waals surface area contributed by atoms with Crippen LogP contribution in [0.3, 0.4) is 0 Å². The molecule has 1 aliphatic rings. The van der Waals surface area contributed by atoms with Crippen molar-refractivity contribution in [2.75, 3.05) is 24.5 Å². The molecule has 2 heterocycles. The van der Waals surface area contributed by atoms with Crippen LogP contribution in [0.2, 0.25) is 0 Å². The lowest BCUT2D eigenvalue weighted by atomic mass is 10.2. The summed E-state index contributed by atoms with van der Waals surface area (Å²) >= 11 is 1.46. The van der Waals surface area contributed by atoms with Crippen LogP contribution in [0.5, 0.6) is 0 Å². The number of carbonyl (C=O) groups is 2. The van der Waals surface area contributed by atoms with Crippen molar-refractivity contribution in [1.82, 2.24) is 10.3 Å². The lowest BCUT2D eigenvalue weighted by Crippen LogP contribution is -3.14. The van der Waals surface area contributed by atoms with Crippen LogP contribution in [0.25, 0.3) is 0 Å². The van der Waals surface area contributed by atoms with Gasteiger partial charge in [0.05, 0.1) is 18.8 Å². The van der Waals surface area contributed by atoms with E-state index in [1.807, 2.05) is 36.6 Å². The van der Waals surface area contributed by atoms with E-state index in [1.165, 1.54) is 16.2 Å². The SMILES string of the molecule is CC(=O)N(c1cccc(C)c1)c1nc(C[NH+]2CCNC(=O)C2)cs1. The maximum Gasteiger partial charge on any atom is 0.275 e. The van der Waals surface area contributed by atoms with Gasteiger partial charge in [-0.3, -0.25) is 14.5 Å². The number of amides is 2. The van der Waals surface area contributed by atoms with E-state index >= 15 is 0 Å². The molecule has 2 N–H and O–H groups in total. The van der Waals surface area contributed by atoms with Crippen molar-refractivity contribution >= 4 is 34.0 Å². The van der Waals surface area contributed by atoms with E-state index < -0.39 is 0 Å². The van der Waals surface area contributed by atoms with Crippen molar-refractivity contribution in [3.63, 3.8) is 0 Å². The smallest absolute Gasteiger partial charge is 0.275 e. The first-order chi connectivity index (χ1) is 11.5. The molecule has 1 atom stereocenters. The molecule has 1 fully saturated rings. The number of benzene rings is 1. The van der Waals surface area contributed by atoms with Crippen LogP contribution >= 0.6 is 11.3 Å². The third-order valence-electron chi connectivity index (χ3n) is 3.95. The van der Waals surface area contributed by atoms with E-state index in [9.17, 15) is 9.59 Å². The summed E-state index contributed by atoms with van der Waals surface area (Å²) in [6, 6.07) is 7.82. The Bertz CT molecular complexity index is 759. The standard InChI is InChI=1S/C17H20N4O2S/c1-12-4-3-5-15(8-12)21(13(2)22)17-19-14(11-24-17)9-20-7-6-18-16(23)10-20/h3-5,8,11H,6-7,9-10H2,1-2H3,(H,18,23)/p+1. The number of nitrogens with one attached hydrogen (secondary N) is 2. The van der Waals surface area contributed by atoms with Crippen molar-refractivity contribution in [2.24, 2.45) is 0 Å². The Labute approximate surface area is 145 Å². The van der Waals surface area contributed by atoms with Crippen molar-refractivity contribution in [2.45, 2.75) is 20.4 Å². The third kappa shape index (κ3) is 3.80. The lowest BCUT2D eigenvalue weighted by Gasteiger charge is -2.22. The molecular weight excluding hydrogens is 324 g/mol. The minimum Gasteiger partial charge on any atom is -0.346 e. The third-order valence-corrected chi connectivity index (χ3v) is 4.82. The van der Waals surface area contributed by atoms with Gasteiger partial charge < -0.3 is 10.2 Å². The number of rotatable bonds is 4. The number of carbonyl (C=O) groups excluding carboxylic acids is 2. The van der Waals surface area contributed by atoms with Gasteiger partial charge in [0.15, 0.2) is 11.7 Å². The van der Waals surface area contributed by atoms with Gasteiger partial charge in [0.1, 0.15) is 12.2 Å². The predicted octanol–water partition coefficient (Wildman–Crippen LogP) is 0.651. The van der Waals surface area contributed by atoms with Crippen LogP contribution in [-0.4, -0.2) is 36.4 Å². The average molecular weight is 345 g/mol. The summed E-state index contributed by atoms with van der Waals surface area (Å²) in [5, 5.41) is 5.48. The van der Waals surface area contributed by atoms with Gasteiger partial charge in [-0.1, -0.05) is 12.1 Å². The number of thiazole rings is 1. The largest absolute Gasteiger partial charge is 0.346 e. The highest BCUT2D eigenvalue weighted by Crippen LogP contribution is 2.29. The van der Waals surface area contributed by atoms with Gasteiger partial charge in [-0.15, -0.1) is 11.3 Å². The zero-order valence-corrected chi connectivity index (χ0v) is 14.7. The van der Waals surface area contributed by atoms with Gasteiger partial charge >= 0.3 is 0 Å². The van der Waals surface area contributed by atoms with Gasteiger partial charge in [0.25, 0.3) is 5.91 Å². The lowest BCUT2D eigenvalue weighted by molar-refractivity contribution is -0.907. The summed E-state index contributed by atoms with van der Waals surface area (Å²) in [6.07, 6.45) is 0. The molecule has 1 aromatic heterocycles. The molecular formula is C17H21N4O2S+. The van der Waals surface area contributed by atoms with E-state index in [2.05, 4.69) is 10.3 Å².